The molecule has 0 aliphatic rings. The number of halogens is 1. The summed E-state index contributed by atoms with van der Waals surface area (Å²) in [6.07, 6.45) is 5.46. The first-order valence-corrected chi connectivity index (χ1v) is 6.36. The molecular weight excluding hydrogens is 292 g/mol. The number of anilines is 1. The third-order valence-corrected chi connectivity index (χ3v) is 2.92. The van der Waals surface area contributed by atoms with Gasteiger partial charge in [-0.15, -0.1) is 0 Å². The molecule has 1 heterocycles. The number of benzene rings is 1. The Balaban J connectivity index is 2.07. The number of hydrogen-bond donors (Lipinski definition) is 2. The maximum absolute atomic E-state index is 11.8. The lowest BCUT2D eigenvalue weighted by atomic mass is 10.2. The Hall–Kier alpha value is -2.66. The number of nitrogens with zero attached hydrogens (tertiary/aromatic N) is 1. The number of carboxylic acids is 1. The van der Waals surface area contributed by atoms with Crippen LogP contribution >= 0.6 is 11.6 Å². The lowest BCUT2D eigenvalue weighted by Crippen LogP contribution is -2.09. The Morgan fingerprint density at radius 3 is 2.71 bits per heavy atom. The fourth-order valence-corrected chi connectivity index (χ4v) is 1.78. The maximum atomic E-state index is 11.8. The molecule has 1 amide bonds. The number of carbonyl (C=O) groups is 2. The van der Waals surface area contributed by atoms with Crippen LogP contribution in [-0.2, 0) is 4.79 Å². The molecule has 1 aromatic carbocycles. The van der Waals surface area contributed by atoms with E-state index < -0.39 is 11.9 Å². The third-order valence-electron chi connectivity index (χ3n) is 2.57. The van der Waals surface area contributed by atoms with Gasteiger partial charge in [-0.3, -0.25) is 9.78 Å². The Kier molecular flexibility index (Phi) is 4.68. The molecule has 5 nitrogen and oxygen atoms in total. The van der Waals surface area contributed by atoms with E-state index in [1.54, 1.807) is 24.3 Å². The number of nitrogens with one attached hydrogen (secondary N) is 1. The van der Waals surface area contributed by atoms with Gasteiger partial charge in [0.05, 0.1) is 17.4 Å². The standard InChI is InChI=1S/C15H11ClN2O3/c16-13-4-2-1-3-10(13)5-6-14(19)18-12-7-11(15(20)21)8-17-9-12/h1-9H,(H,18,19)(H,20,21). The van der Waals surface area contributed by atoms with E-state index in [1.807, 2.05) is 6.07 Å². The zero-order chi connectivity index (χ0) is 15.2. The number of aromatic carboxylic acids is 1. The summed E-state index contributed by atoms with van der Waals surface area (Å²) in [4.78, 5) is 26.3. The predicted octanol–water partition coefficient (Wildman–Crippen LogP) is 3.09. The fourth-order valence-electron chi connectivity index (χ4n) is 1.58. The molecule has 0 radical (unpaired) electrons. The second-order valence-electron chi connectivity index (χ2n) is 4.11. The largest absolute Gasteiger partial charge is 0.478 e. The van der Waals surface area contributed by atoms with Crippen LogP contribution < -0.4 is 5.32 Å². The highest BCUT2D eigenvalue weighted by molar-refractivity contribution is 6.32. The molecule has 21 heavy (non-hydrogen) atoms. The zero-order valence-corrected chi connectivity index (χ0v) is 11.5. The summed E-state index contributed by atoms with van der Waals surface area (Å²) in [5, 5.41) is 11.9. The van der Waals surface area contributed by atoms with Crippen molar-refractivity contribution < 1.29 is 14.7 Å². The molecular formula is C15H11ClN2O3. The Bertz CT molecular complexity index is 714. The lowest BCUT2D eigenvalue weighted by molar-refractivity contribution is -0.111. The van der Waals surface area contributed by atoms with E-state index in [2.05, 4.69) is 10.3 Å². The van der Waals surface area contributed by atoms with Crippen molar-refractivity contribution in [2.45, 2.75) is 0 Å². The average Bonchev–Trinajstić information content (AvgIpc) is 2.46. The SMILES string of the molecule is O=C(C=Cc1ccccc1Cl)Nc1cncc(C(=O)O)c1. The molecule has 0 unspecified atom stereocenters. The smallest absolute Gasteiger partial charge is 0.337 e. The van der Waals surface area contributed by atoms with Crippen LogP contribution in [0.15, 0.2) is 48.8 Å². The highest BCUT2D eigenvalue weighted by atomic mass is 35.5. The van der Waals surface area contributed by atoms with Crippen LogP contribution in [0.3, 0.4) is 0 Å². The molecule has 106 valence electrons. The van der Waals surface area contributed by atoms with Crippen molar-refractivity contribution >= 4 is 35.2 Å². The van der Waals surface area contributed by atoms with Gasteiger partial charge in [0, 0.05) is 17.3 Å². The van der Waals surface area contributed by atoms with E-state index in [9.17, 15) is 9.59 Å². The second kappa shape index (κ2) is 6.67. The van der Waals surface area contributed by atoms with Crippen molar-refractivity contribution in [3.05, 3.63) is 65.0 Å². The second-order valence-corrected chi connectivity index (χ2v) is 4.52. The summed E-state index contributed by atoms with van der Waals surface area (Å²) in [6.45, 7) is 0. The molecule has 0 aliphatic heterocycles. The quantitative estimate of drug-likeness (QED) is 0.851. The number of rotatable bonds is 4. The molecule has 2 rings (SSSR count). The molecule has 0 spiro atoms. The van der Waals surface area contributed by atoms with E-state index in [0.717, 1.165) is 0 Å². The summed E-state index contributed by atoms with van der Waals surface area (Å²) in [6, 6.07) is 8.43. The number of amides is 1. The number of aromatic nitrogens is 1. The van der Waals surface area contributed by atoms with Crippen LogP contribution in [0.1, 0.15) is 15.9 Å². The Labute approximate surface area is 125 Å². The Morgan fingerprint density at radius 1 is 1.24 bits per heavy atom. The number of carbonyl (C=O) groups excluding carboxylic acids is 1. The van der Waals surface area contributed by atoms with Crippen molar-refractivity contribution in [1.29, 1.82) is 0 Å². The summed E-state index contributed by atoms with van der Waals surface area (Å²) in [5.74, 6) is -1.51. The summed E-state index contributed by atoms with van der Waals surface area (Å²) >= 11 is 5.97. The highest BCUT2D eigenvalue weighted by Gasteiger charge is 2.05. The van der Waals surface area contributed by atoms with Gasteiger partial charge in [-0.2, -0.15) is 0 Å². The van der Waals surface area contributed by atoms with Crippen molar-refractivity contribution in [1.82, 2.24) is 4.98 Å². The van der Waals surface area contributed by atoms with Crippen molar-refractivity contribution in [2.24, 2.45) is 0 Å². The van der Waals surface area contributed by atoms with Gasteiger partial charge < -0.3 is 10.4 Å². The van der Waals surface area contributed by atoms with Crippen molar-refractivity contribution in [2.75, 3.05) is 5.32 Å². The minimum atomic E-state index is -1.11. The third kappa shape index (κ3) is 4.15. The predicted molar refractivity (Wildman–Crippen MR) is 80.3 cm³/mol. The topological polar surface area (TPSA) is 79.3 Å². The number of hydrogen-bond acceptors (Lipinski definition) is 3. The number of pyridine rings is 1. The lowest BCUT2D eigenvalue weighted by Gasteiger charge is -2.02. The van der Waals surface area contributed by atoms with E-state index in [4.69, 9.17) is 16.7 Å². The first kappa shape index (κ1) is 14.7. The zero-order valence-electron chi connectivity index (χ0n) is 10.8. The molecule has 2 aromatic rings. The van der Waals surface area contributed by atoms with Crippen LogP contribution in [0, 0.1) is 0 Å². The van der Waals surface area contributed by atoms with Crippen LogP contribution in [0.2, 0.25) is 5.02 Å². The Morgan fingerprint density at radius 2 is 2.00 bits per heavy atom. The molecule has 2 N–H and O–H groups in total. The van der Waals surface area contributed by atoms with Crippen LogP contribution in [0.5, 0.6) is 0 Å². The molecule has 0 atom stereocenters. The minimum Gasteiger partial charge on any atom is -0.478 e. The maximum Gasteiger partial charge on any atom is 0.337 e. The van der Waals surface area contributed by atoms with Crippen molar-refractivity contribution in [3.8, 4) is 0 Å². The van der Waals surface area contributed by atoms with E-state index >= 15 is 0 Å². The van der Waals surface area contributed by atoms with Gasteiger partial charge in [-0.1, -0.05) is 29.8 Å². The first-order chi connectivity index (χ1) is 10.1. The van der Waals surface area contributed by atoms with Gasteiger partial charge in [0.15, 0.2) is 0 Å². The van der Waals surface area contributed by atoms with Gasteiger partial charge in [0.2, 0.25) is 5.91 Å². The molecule has 6 heteroatoms. The van der Waals surface area contributed by atoms with E-state index in [1.165, 1.54) is 24.5 Å². The van der Waals surface area contributed by atoms with Gasteiger partial charge >= 0.3 is 5.97 Å². The summed E-state index contributed by atoms with van der Waals surface area (Å²) in [7, 11) is 0. The summed E-state index contributed by atoms with van der Waals surface area (Å²) in [5.41, 5.74) is 1.03. The highest BCUT2D eigenvalue weighted by Crippen LogP contribution is 2.16. The van der Waals surface area contributed by atoms with Gasteiger partial charge in [0.25, 0.3) is 0 Å². The van der Waals surface area contributed by atoms with Crippen LogP contribution in [-0.4, -0.2) is 22.0 Å². The molecule has 0 bridgehead atoms. The average molecular weight is 303 g/mol. The summed E-state index contributed by atoms with van der Waals surface area (Å²) < 4.78 is 0. The molecule has 0 aliphatic carbocycles. The number of carboxylic acid groups (broad SMARTS) is 1. The molecule has 0 fully saturated rings. The monoisotopic (exact) mass is 302 g/mol. The van der Waals surface area contributed by atoms with Crippen LogP contribution in [0.25, 0.3) is 6.08 Å². The first-order valence-electron chi connectivity index (χ1n) is 5.98. The van der Waals surface area contributed by atoms with Gasteiger partial charge in [0.1, 0.15) is 0 Å². The normalized spacial score (nSPS) is 10.5. The van der Waals surface area contributed by atoms with E-state index in [-0.39, 0.29) is 5.56 Å². The molecule has 1 aromatic heterocycles. The molecule has 0 saturated heterocycles. The minimum absolute atomic E-state index is 0.00267. The van der Waals surface area contributed by atoms with Crippen LogP contribution in [0.4, 0.5) is 5.69 Å². The van der Waals surface area contributed by atoms with Gasteiger partial charge in [-0.05, 0) is 23.8 Å². The van der Waals surface area contributed by atoms with Gasteiger partial charge in [-0.25, -0.2) is 4.79 Å². The van der Waals surface area contributed by atoms with E-state index in [0.29, 0.717) is 16.3 Å². The van der Waals surface area contributed by atoms with Crippen molar-refractivity contribution in [3.63, 3.8) is 0 Å². The fraction of sp³-hybridized carbons (Fsp3) is 0. The molecule has 0 saturated carbocycles.